The predicted octanol–water partition coefficient (Wildman–Crippen LogP) is 0.445. The molecule has 3 aromatic rings. The molecule has 0 saturated heterocycles. The van der Waals surface area contributed by atoms with E-state index in [0.29, 0.717) is 16.9 Å². The van der Waals surface area contributed by atoms with Gasteiger partial charge < -0.3 is 4.57 Å². The fraction of sp³-hybridized carbons (Fsp3) is 0.385. The molecule has 122 valence electrons. The van der Waals surface area contributed by atoms with E-state index in [1.807, 2.05) is 6.92 Å². The van der Waals surface area contributed by atoms with Crippen molar-refractivity contribution in [3.63, 3.8) is 0 Å². The van der Waals surface area contributed by atoms with Crippen LogP contribution >= 0.6 is 0 Å². The molecular weight excluding hydrogens is 318 g/mol. The second-order valence-electron chi connectivity index (χ2n) is 5.39. The zero-order valence-corrected chi connectivity index (χ0v) is 14.0. The SMILES string of the molecule is Cc1nn(C)c2ncc(S(=O)(=O)NC(C)c3nncn3C)cc12. The number of hydrogen-bond acceptors (Lipinski definition) is 6. The Morgan fingerprint density at radius 2 is 2.04 bits per heavy atom. The van der Waals surface area contributed by atoms with Gasteiger partial charge in [0, 0.05) is 25.7 Å². The molecule has 0 aliphatic rings. The molecular formula is C13H17N7O2S. The molecule has 0 radical (unpaired) electrons. The minimum atomic E-state index is -3.73. The smallest absolute Gasteiger partial charge is 0.242 e. The van der Waals surface area contributed by atoms with Crippen molar-refractivity contribution in [3.05, 3.63) is 30.1 Å². The van der Waals surface area contributed by atoms with Gasteiger partial charge in [0.2, 0.25) is 10.0 Å². The van der Waals surface area contributed by atoms with Crippen molar-refractivity contribution in [2.24, 2.45) is 14.1 Å². The molecule has 0 spiro atoms. The first-order valence-corrected chi connectivity index (χ1v) is 8.43. The summed E-state index contributed by atoms with van der Waals surface area (Å²) in [5.41, 5.74) is 1.37. The molecule has 0 bridgehead atoms. The molecule has 1 unspecified atom stereocenters. The van der Waals surface area contributed by atoms with E-state index in [2.05, 4.69) is 25.0 Å². The summed E-state index contributed by atoms with van der Waals surface area (Å²) in [4.78, 5) is 4.30. The Balaban J connectivity index is 1.96. The maximum atomic E-state index is 12.6. The Morgan fingerprint density at radius 3 is 2.70 bits per heavy atom. The van der Waals surface area contributed by atoms with Crippen LogP contribution in [0.1, 0.15) is 24.5 Å². The fourth-order valence-corrected chi connectivity index (χ4v) is 3.64. The van der Waals surface area contributed by atoms with Crippen LogP contribution in [-0.2, 0) is 24.1 Å². The summed E-state index contributed by atoms with van der Waals surface area (Å²) in [5, 5.41) is 12.6. The lowest BCUT2D eigenvalue weighted by atomic mass is 10.3. The first-order chi connectivity index (χ1) is 10.8. The number of aryl methyl sites for hydroxylation is 3. The summed E-state index contributed by atoms with van der Waals surface area (Å²) < 4.78 is 31.0. The molecule has 0 amide bonds. The van der Waals surface area contributed by atoms with E-state index in [9.17, 15) is 8.42 Å². The quantitative estimate of drug-likeness (QED) is 0.741. The second kappa shape index (κ2) is 5.39. The topological polar surface area (TPSA) is 108 Å². The van der Waals surface area contributed by atoms with Gasteiger partial charge in [-0.15, -0.1) is 10.2 Å². The van der Waals surface area contributed by atoms with Crippen LogP contribution < -0.4 is 4.72 Å². The molecule has 0 aromatic carbocycles. The van der Waals surface area contributed by atoms with Crippen LogP contribution in [-0.4, -0.2) is 37.9 Å². The predicted molar refractivity (Wildman–Crippen MR) is 83.0 cm³/mol. The molecule has 3 rings (SSSR count). The van der Waals surface area contributed by atoms with Gasteiger partial charge in [0.25, 0.3) is 0 Å². The highest BCUT2D eigenvalue weighted by molar-refractivity contribution is 7.89. The summed E-state index contributed by atoms with van der Waals surface area (Å²) in [6, 6.07) is 1.06. The first kappa shape index (κ1) is 15.6. The standard InChI is InChI=1S/C13H17N7O2S/c1-8-11-5-10(6-14-13(11)20(4)17-8)23(21,22)18-9(2)12-16-15-7-19(12)3/h5-7,9,18H,1-4H3. The Hall–Kier alpha value is -2.33. The second-order valence-corrected chi connectivity index (χ2v) is 7.11. The summed E-state index contributed by atoms with van der Waals surface area (Å²) in [6.07, 6.45) is 2.85. The average Bonchev–Trinajstić information content (AvgIpc) is 3.03. The number of hydrogen-bond donors (Lipinski definition) is 1. The molecule has 0 fully saturated rings. The van der Waals surface area contributed by atoms with Gasteiger partial charge >= 0.3 is 0 Å². The molecule has 1 N–H and O–H groups in total. The monoisotopic (exact) mass is 335 g/mol. The van der Waals surface area contributed by atoms with Crippen molar-refractivity contribution in [1.82, 2.24) is 34.3 Å². The van der Waals surface area contributed by atoms with Crippen molar-refractivity contribution in [1.29, 1.82) is 0 Å². The summed E-state index contributed by atoms with van der Waals surface area (Å²) in [6.45, 7) is 3.53. The van der Waals surface area contributed by atoms with E-state index < -0.39 is 16.1 Å². The highest BCUT2D eigenvalue weighted by Gasteiger charge is 2.22. The first-order valence-electron chi connectivity index (χ1n) is 6.95. The number of nitrogens with one attached hydrogen (secondary N) is 1. The van der Waals surface area contributed by atoms with Gasteiger partial charge in [-0.3, -0.25) is 4.68 Å². The van der Waals surface area contributed by atoms with Gasteiger partial charge in [0.05, 0.1) is 11.7 Å². The minimum absolute atomic E-state index is 0.0927. The summed E-state index contributed by atoms with van der Waals surface area (Å²) in [5.74, 6) is 0.528. The van der Waals surface area contributed by atoms with E-state index in [-0.39, 0.29) is 4.90 Å². The number of nitrogens with zero attached hydrogens (tertiary/aromatic N) is 6. The average molecular weight is 335 g/mol. The molecule has 9 nitrogen and oxygen atoms in total. The van der Waals surface area contributed by atoms with Gasteiger partial charge in [0.1, 0.15) is 17.0 Å². The third-order valence-corrected chi connectivity index (χ3v) is 5.12. The van der Waals surface area contributed by atoms with Crippen LogP contribution in [0.4, 0.5) is 0 Å². The van der Waals surface area contributed by atoms with Crippen molar-refractivity contribution in [2.75, 3.05) is 0 Å². The van der Waals surface area contributed by atoms with E-state index in [1.54, 1.807) is 36.3 Å². The van der Waals surface area contributed by atoms with E-state index in [0.717, 1.165) is 5.69 Å². The zero-order chi connectivity index (χ0) is 16.8. The fourth-order valence-electron chi connectivity index (χ4n) is 2.47. The van der Waals surface area contributed by atoms with Crippen molar-refractivity contribution in [2.45, 2.75) is 24.8 Å². The Kier molecular flexibility index (Phi) is 3.65. The van der Waals surface area contributed by atoms with Crippen LogP contribution in [0.25, 0.3) is 11.0 Å². The lowest BCUT2D eigenvalue weighted by Crippen LogP contribution is -2.28. The van der Waals surface area contributed by atoms with Gasteiger partial charge in [-0.05, 0) is 19.9 Å². The van der Waals surface area contributed by atoms with Gasteiger partial charge in [-0.1, -0.05) is 0 Å². The molecule has 23 heavy (non-hydrogen) atoms. The highest BCUT2D eigenvalue weighted by Crippen LogP contribution is 2.20. The molecule has 10 heteroatoms. The largest absolute Gasteiger partial charge is 0.319 e. The van der Waals surface area contributed by atoms with E-state index in [1.165, 1.54) is 12.5 Å². The third kappa shape index (κ3) is 2.70. The number of rotatable bonds is 4. The van der Waals surface area contributed by atoms with Gasteiger partial charge in [0.15, 0.2) is 5.65 Å². The van der Waals surface area contributed by atoms with E-state index in [4.69, 9.17) is 0 Å². The zero-order valence-electron chi connectivity index (χ0n) is 13.2. The lowest BCUT2D eigenvalue weighted by molar-refractivity contribution is 0.553. The van der Waals surface area contributed by atoms with E-state index >= 15 is 0 Å². The van der Waals surface area contributed by atoms with Crippen molar-refractivity contribution in [3.8, 4) is 0 Å². The van der Waals surface area contributed by atoms with Gasteiger partial charge in [-0.2, -0.15) is 5.10 Å². The number of fused-ring (bicyclic) bond motifs is 1. The van der Waals surface area contributed by atoms with Crippen LogP contribution in [0, 0.1) is 6.92 Å². The maximum Gasteiger partial charge on any atom is 0.242 e. The van der Waals surface area contributed by atoms with Crippen molar-refractivity contribution >= 4 is 21.1 Å². The Morgan fingerprint density at radius 1 is 1.30 bits per heavy atom. The summed E-state index contributed by atoms with van der Waals surface area (Å²) in [7, 11) is -0.206. The minimum Gasteiger partial charge on any atom is -0.319 e. The summed E-state index contributed by atoms with van der Waals surface area (Å²) >= 11 is 0. The van der Waals surface area contributed by atoms with Crippen LogP contribution in [0.15, 0.2) is 23.5 Å². The van der Waals surface area contributed by atoms with Crippen LogP contribution in [0.3, 0.4) is 0 Å². The molecule has 3 heterocycles. The molecule has 1 atom stereocenters. The third-order valence-electron chi connectivity index (χ3n) is 3.61. The molecule has 0 saturated carbocycles. The number of aromatic nitrogens is 6. The number of pyridine rings is 1. The highest BCUT2D eigenvalue weighted by atomic mass is 32.2. The number of sulfonamides is 1. The Labute approximate surface area is 133 Å². The van der Waals surface area contributed by atoms with Crippen LogP contribution in [0.5, 0.6) is 0 Å². The normalized spacial score (nSPS) is 13.6. The maximum absolute atomic E-state index is 12.6. The molecule has 3 aromatic heterocycles. The van der Waals surface area contributed by atoms with Crippen LogP contribution in [0.2, 0.25) is 0 Å². The Bertz CT molecular complexity index is 974. The molecule has 0 aliphatic heterocycles. The van der Waals surface area contributed by atoms with Crippen molar-refractivity contribution < 1.29 is 8.42 Å². The lowest BCUT2D eigenvalue weighted by Gasteiger charge is -2.13. The van der Waals surface area contributed by atoms with Gasteiger partial charge in [-0.25, -0.2) is 18.1 Å². The molecule has 0 aliphatic carbocycles.